The number of halogens is 20. The van der Waals surface area contributed by atoms with Crippen molar-refractivity contribution >= 4 is 70.4 Å². The average Bonchev–Trinajstić information content (AvgIpc) is 1.34. The van der Waals surface area contributed by atoms with Gasteiger partial charge in [-0.25, -0.2) is 34.4 Å². The molecule has 0 aliphatic heterocycles. The molecule has 0 aromatic heterocycles. The number of carbonyl (C=O) groups excluding carboxylic acids is 4. The van der Waals surface area contributed by atoms with Gasteiger partial charge in [-0.3, -0.25) is 19.2 Å². The molecule has 32 heteroatoms. The van der Waals surface area contributed by atoms with Gasteiger partial charge in [0.15, 0.2) is 42.9 Å². The van der Waals surface area contributed by atoms with Crippen molar-refractivity contribution in [2.45, 2.75) is 97.5 Å². The lowest BCUT2D eigenvalue weighted by Crippen LogP contribution is -2.50. The zero-order valence-electron chi connectivity index (χ0n) is 47.3. The summed E-state index contributed by atoms with van der Waals surface area (Å²) in [5.41, 5.74) is -22.4. The Kier molecular flexibility index (Phi) is 20.3. The normalized spacial score (nSPS) is 15.0. The minimum absolute atomic E-state index is 0.0127. The van der Waals surface area contributed by atoms with Crippen molar-refractivity contribution in [1.29, 1.82) is 0 Å². The van der Waals surface area contributed by atoms with E-state index in [0.29, 0.717) is 25.0 Å². The molecule has 6 aromatic carbocycles. The van der Waals surface area contributed by atoms with Gasteiger partial charge in [0.1, 0.15) is 0 Å². The number of nitrogens with zero attached hydrogens (tertiary/aromatic N) is 2. The van der Waals surface area contributed by atoms with Crippen molar-refractivity contribution in [2.24, 2.45) is 11.8 Å². The molecular weight excluding hydrogens is 1380 g/mol. The summed E-state index contributed by atoms with van der Waals surface area (Å²) in [5, 5.41) is 0. The van der Waals surface area contributed by atoms with Gasteiger partial charge in [0.25, 0.3) is 11.8 Å². The molecular formula is C60H46BrF19N2O8S2. The van der Waals surface area contributed by atoms with E-state index in [9.17, 15) is 111 Å². The lowest BCUT2D eigenvalue weighted by Gasteiger charge is -2.31. The molecule has 0 heterocycles. The van der Waals surface area contributed by atoms with Crippen molar-refractivity contribution in [3.8, 4) is 0 Å². The highest BCUT2D eigenvalue weighted by molar-refractivity contribution is 9.10. The highest BCUT2D eigenvalue weighted by Gasteiger charge is 2.74. The fraction of sp³-hybridized carbons (Fsp3) is 0.333. The first-order valence-electron chi connectivity index (χ1n) is 26.7. The molecule has 8 rings (SSSR count). The molecule has 1 atom stereocenters. The van der Waals surface area contributed by atoms with Gasteiger partial charge in [0.05, 0.1) is 43.4 Å². The third-order valence-electron chi connectivity index (χ3n) is 14.8. The Morgan fingerprint density at radius 1 is 0.489 bits per heavy atom. The van der Waals surface area contributed by atoms with Crippen molar-refractivity contribution in [2.75, 3.05) is 35.4 Å². The van der Waals surface area contributed by atoms with Crippen LogP contribution in [0.5, 0.6) is 0 Å². The van der Waals surface area contributed by atoms with Gasteiger partial charge in [-0.2, -0.15) is 65.9 Å². The van der Waals surface area contributed by atoms with Crippen LogP contribution in [0.1, 0.15) is 107 Å². The monoisotopic (exact) mass is 1430 g/mol. The van der Waals surface area contributed by atoms with Crippen LogP contribution in [0.15, 0.2) is 130 Å². The summed E-state index contributed by atoms with van der Waals surface area (Å²) >= 11 is 2.43. The van der Waals surface area contributed by atoms with Gasteiger partial charge >= 0.3 is 36.6 Å². The number of ketones is 2. The third-order valence-corrected chi connectivity index (χ3v) is 17.8. The minimum atomic E-state index is -6.73. The maximum atomic E-state index is 15.9. The van der Waals surface area contributed by atoms with Crippen LogP contribution in [0.4, 0.5) is 94.8 Å². The second-order valence-corrected chi connectivity index (χ2v) is 26.7. The first kappa shape index (κ1) is 72.1. The Bertz CT molecular complexity index is 4050. The van der Waals surface area contributed by atoms with Crippen LogP contribution in [-0.2, 0) is 56.2 Å². The van der Waals surface area contributed by atoms with E-state index in [1.807, 2.05) is 0 Å². The number of anilines is 2. The summed E-state index contributed by atoms with van der Waals surface area (Å²) in [6.07, 6.45) is -27.8. The average molecular weight is 1430 g/mol. The zero-order chi connectivity index (χ0) is 69.0. The van der Waals surface area contributed by atoms with Crippen LogP contribution in [0.2, 0.25) is 0 Å². The fourth-order valence-corrected chi connectivity index (χ4v) is 11.2. The summed E-state index contributed by atoms with van der Waals surface area (Å²) in [4.78, 5) is 55.1. The molecule has 0 spiro atoms. The first-order valence-corrected chi connectivity index (χ1v) is 31.2. The van der Waals surface area contributed by atoms with Gasteiger partial charge in [-0.05, 0) is 152 Å². The Hall–Kier alpha value is -7.35. The highest BCUT2D eigenvalue weighted by Crippen LogP contribution is 2.55. The van der Waals surface area contributed by atoms with Crippen LogP contribution in [-0.4, -0.2) is 84.3 Å². The van der Waals surface area contributed by atoms with Crippen LogP contribution in [0.25, 0.3) is 0 Å². The van der Waals surface area contributed by atoms with E-state index in [-0.39, 0.29) is 70.6 Å². The molecule has 2 amide bonds. The molecule has 2 aliphatic rings. The molecule has 0 N–H and O–H groups in total. The summed E-state index contributed by atoms with van der Waals surface area (Å²) in [6, 6.07) is 16.1. The van der Waals surface area contributed by atoms with Gasteiger partial charge in [-0.15, -0.1) is 0 Å². The molecule has 2 saturated carbocycles. The van der Waals surface area contributed by atoms with Gasteiger partial charge in [0, 0.05) is 59.6 Å². The van der Waals surface area contributed by atoms with E-state index in [4.69, 9.17) is 0 Å². The number of hydrogen-bond donors (Lipinski definition) is 0. The van der Waals surface area contributed by atoms with Crippen molar-refractivity contribution < 1.29 is 119 Å². The third kappa shape index (κ3) is 15.8. The molecule has 0 bridgehead atoms. The van der Waals surface area contributed by atoms with Gasteiger partial charge in [0.2, 0.25) is 5.67 Å². The largest absolute Gasteiger partial charge is 0.435 e. The van der Waals surface area contributed by atoms with Crippen molar-refractivity contribution in [1.82, 2.24) is 0 Å². The second-order valence-electron chi connectivity index (χ2n) is 21.8. The number of rotatable bonds is 18. The number of benzene rings is 6. The SMILES string of the molecule is CC(F)(c1ccc(CC(=O)c2cccc(N(CC3CC3)C(=O)c3ccc(S(C)(=O)=O)cc3)c2F)c(C(F)(F)F)c1)C(F)(F)F.CS(=O)(=O)c1ccc(C(=O)N(CC2CC2)c2cccc(C(=O)Cc3c(Br)cc(C(F)(C(F)(F)F)C(F)(F)F)cc3C(F)(F)F)c2F)cc1. The number of hydrogen-bond acceptors (Lipinski definition) is 8. The quantitative estimate of drug-likeness (QED) is 0.0611. The highest BCUT2D eigenvalue weighted by atomic mass is 79.9. The maximum Gasteiger partial charge on any atom is 0.435 e. The van der Waals surface area contributed by atoms with Crippen LogP contribution in [0, 0.1) is 23.5 Å². The maximum absolute atomic E-state index is 15.9. The molecule has 496 valence electrons. The number of carbonyl (C=O) groups is 4. The van der Waals surface area contributed by atoms with Crippen molar-refractivity contribution in [3.05, 3.63) is 187 Å². The number of amides is 2. The predicted molar refractivity (Wildman–Crippen MR) is 297 cm³/mol. The smallest absolute Gasteiger partial charge is 0.305 e. The predicted octanol–water partition coefficient (Wildman–Crippen LogP) is 16.3. The van der Waals surface area contributed by atoms with Gasteiger partial charge in [-0.1, -0.05) is 40.2 Å². The second kappa shape index (κ2) is 25.9. The van der Waals surface area contributed by atoms with Gasteiger partial charge < -0.3 is 9.80 Å². The van der Waals surface area contributed by atoms with Crippen LogP contribution < -0.4 is 9.80 Å². The summed E-state index contributed by atoms with van der Waals surface area (Å²) in [6.45, 7) is 0.0564. The molecule has 6 aromatic rings. The number of sulfone groups is 2. The van der Waals surface area contributed by atoms with E-state index >= 15 is 8.78 Å². The van der Waals surface area contributed by atoms with E-state index < -0.39 is 170 Å². The zero-order valence-corrected chi connectivity index (χ0v) is 50.5. The first-order chi connectivity index (χ1) is 42.1. The van der Waals surface area contributed by atoms with Crippen LogP contribution in [0.3, 0.4) is 0 Å². The summed E-state index contributed by atoms with van der Waals surface area (Å²) in [7, 11) is -7.19. The molecule has 10 nitrogen and oxygen atoms in total. The molecule has 0 radical (unpaired) electrons. The molecule has 2 aliphatic carbocycles. The lowest BCUT2D eigenvalue weighted by molar-refractivity contribution is -0.348. The fourth-order valence-electron chi connectivity index (χ4n) is 9.32. The molecule has 0 saturated heterocycles. The van der Waals surface area contributed by atoms with Crippen molar-refractivity contribution in [3.63, 3.8) is 0 Å². The van der Waals surface area contributed by atoms with E-state index in [2.05, 4.69) is 15.9 Å². The Balaban J connectivity index is 0.000000262. The number of alkyl halides is 17. The number of Topliss-reactive ketones (excluding diaryl/α,β-unsaturated/α-hetero) is 2. The van der Waals surface area contributed by atoms with E-state index in [0.717, 1.165) is 71.6 Å². The Morgan fingerprint density at radius 3 is 1.22 bits per heavy atom. The lowest BCUT2D eigenvalue weighted by atomic mass is 9.89. The Morgan fingerprint density at radius 2 is 0.870 bits per heavy atom. The Labute approximate surface area is 519 Å². The summed E-state index contributed by atoms with van der Waals surface area (Å²) in [5.74, 6) is -6.76. The van der Waals surface area contributed by atoms with E-state index in [1.54, 1.807) is 0 Å². The standard InChI is InChI=1S/C30H21BrF11NO4S.C30H25F8NO4S/c1-48(46,47)18-9-7-16(8-10-18)26(45)43(14-15-5-6-15)23-4-2-3-19(25(23)32)24(44)13-20-21(28(34,35)36)11-17(12-22(20)31)27(33,29(37,38)39)30(40,41)42;1-28(32,30(36,37)38)20-11-8-19(23(15-20)29(33,34)35)14-25(40)22-4-3-5-24(26(22)31)39(16-17-6-7-17)27(41)18-9-12-21(13-10-18)44(2,42)43/h2-4,7-12,15H,5-6,13-14H2,1H3;3-5,8-13,15,17H,6-7,14,16H2,1-2H3. The van der Waals surface area contributed by atoms with Crippen LogP contribution >= 0.6 is 15.9 Å². The molecule has 2 fully saturated rings. The topological polar surface area (TPSA) is 143 Å². The minimum Gasteiger partial charge on any atom is -0.305 e. The molecule has 1 unspecified atom stereocenters. The molecule has 92 heavy (non-hydrogen) atoms. The van der Waals surface area contributed by atoms with E-state index in [1.165, 1.54) is 48.5 Å². The summed E-state index contributed by atoms with van der Waals surface area (Å²) < 4.78 is 309.